The van der Waals surface area contributed by atoms with Crippen LogP contribution in [0.4, 0.5) is 0 Å². The van der Waals surface area contributed by atoms with E-state index in [0.717, 1.165) is 6.42 Å². The van der Waals surface area contributed by atoms with Crippen molar-refractivity contribution in [1.29, 1.82) is 0 Å². The van der Waals surface area contributed by atoms with Crippen LogP contribution in [0.1, 0.15) is 32.8 Å². The molecule has 1 aromatic carbocycles. The minimum Gasteiger partial charge on any atom is -0.118 e. The van der Waals surface area contributed by atoms with Crippen LogP contribution in [0.2, 0.25) is 0 Å². The number of hydrogen-bond donors (Lipinski definition) is 0. The predicted octanol–water partition coefficient (Wildman–Crippen LogP) is 4.60. The standard InChI is InChI=1S/C15H18/c1-12(2)10-13(3)11-14(4)15-8-6-5-7-9-15/h5-9H,1,10H2,2-4H3. The molecule has 0 aliphatic rings. The average molecular weight is 198 g/mol. The van der Waals surface area contributed by atoms with Crippen molar-refractivity contribution in [2.75, 3.05) is 0 Å². The van der Waals surface area contributed by atoms with Gasteiger partial charge in [-0.3, -0.25) is 0 Å². The van der Waals surface area contributed by atoms with E-state index in [2.05, 4.69) is 50.4 Å². The fourth-order valence-corrected chi connectivity index (χ4v) is 1.58. The van der Waals surface area contributed by atoms with Gasteiger partial charge in [0.05, 0.1) is 0 Å². The lowest BCUT2D eigenvalue weighted by molar-refractivity contribution is 1.12. The molecule has 0 saturated carbocycles. The number of hydrogen-bond acceptors (Lipinski definition) is 0. The first-order valence-electron chi connectivity index (χ1n) is 5.22. The van der Waals surface area contributed by atoms with Gasteiger partial charge in [0.1, 0.15) is 0 Å². The molecule has 0 amide bonds. The van der Waals surface area contributed by atoms with Crippen LogP contribution in [0.25, 0.3) is 5.57 Å². The Balaban J connectivity index is 2.97. The van der Waals surface area contributed by atoms with Crippen LogP contribution >= 0.6 is 0 Å². The Labute approximate surface area is 92.6 Å². The first kappa shape index (κ1) is 11.6. The molecule has 0 aliphatic heterocycles. The third-order valence-electron chi connectivity index (χ3n) is 2.17. The van der Waals surface area contributed by atoms with Crippen LogP contribution < -0.4 is 0 Å². The van der Waals surface area contributed by atoms with Gasteiger partial charge in [-0.1, -0.05) is 42.5 Å². The zero-order valence-corrected chi connectivity index (χ0v) is 9.80. The topological polar surface area (TPSA) is 0 Å². The van der Waals surface area contributed by atoms with Crippen molar-refractivity contribution in [3.8, 4) is 0 Å². The van der Waals surface area contributed by atoms with Gasteiger partial charge < -0.3 is 0 Å². The number of benzene rings is 1. The van der Waals surface area contributed by atoms with E-state index in [0.29, 0.717) is 0 Å². The van der Waals surface area contributed by atoms with Gasteiger partial charge in [0.15, 0.2) is 0 Å². The first-order chi connectivity index (χ1) is 7.09. The van der Waals surface area contributed by atoms with Gasteiger partial charge in [-0.15, -0.1) is 5.73 Å². The second-order valence-corrected chi connectivity index (χ2v) is 4.03. The number of allylic oxidation sites excluding steroid dienone is 2. The summed E-state index contributed by atoms with van der Waals surface area (Å²) >= 11 is 0. The van der Waals surface area contributed by atoms with Crippen LogP contribution in [-0.2, 0) is 0 Å². The second-order valence-electron chi connectivity index (χ2n) is 4.03. The summed E-state index contributed by atoms with van der Waals surface area (Å²) in [7, 11) is 0. The van der Waals surface area contributed by atoms with Crippen LogP contribution in [0, 0.1) is 0 Å². The highest BCUT2D eigenvalue weighted by molar-refractivity contribution is 5.63. The number of rotatable bonds is 3. The molecule has 0 heterocycles. The highest BCUT2D eigenvalue weighted by Crippen LogP contribution is 2.14. The fraction of sp³-hybridized carbons (Fsp3) is 0.267. The van der Waals surface area contributed by atoms with E-state index < -0.39 is 0 Å². The molecule has 1 aromatic rings. The molecule has 0 saturated heterocycles. The van der Waals surface area contributed by atoms with E-state index >= 15 is 0 Å². The summed E-state index contributed by atoms with van der Waals surface area (Å²) < 4.78 is 0. The van der Waals surface area contributed by atoms with Crippen LogP contribution in [0.15, 0.2) is 53.8 Å². The summed E-state index contributed by atoms with van der Waals surface area (Å²) in [5.74, 6) is 0. The molecule has 0 radical (unpaired) electrons. The molecule has 15 heavy (non-hydrogen) atoms. The SMILES string of the molecule is C=C(C)CC(C)=C=C(C)c1ccccc1. The van der Waals surface area contributed by atoms with Crippen LogP contribution in [0.3, 0.4) is 0 Å². The molecule has 0 aliphatic carbocycles. The zero-order chi connectivity index (χ0) is 11.3. The Morgan fingerprint density at radius 3 is 2.27 bits per heavy atom. The Kier molecular flexibility index (Phi) is 4.15. The Bertz CT molecular complexity index is 401. The molecule has 0 aromatic heterocycles. The molecule has 0 fully saturated rings. The maximum Gasteiger partial charge on any atom is -0.00195 e. The molecule has 1 rings (SSSR count). The normalized spacial score (nSPS) is 9.27. The smallest absolute Gasteiger partial charge is 0.00195 e. The van der Waals surface area contributed by atoms with E-state index in [1.165, 1.54) is 22.3 Å². The first-order valence-corrected chi connectivity index (χ1v) is 5.22. The van der Waals surface area contributed by atoms with E-state index in [1.54, 1.807) is 0 Å². The summed E-state index contributed by atoms with van der Waals surface area (Å²) in [5, 5.41) is 0. The van der Waals surface area contributed by atoms with Crippen molar-refractivity contribution >= 4 is 5.57 Å². The highest BCUT2D eigenvalue weighted by Gasteiger charge is 1.93. The maximum absolute atomic E-state index is 3.91. The molecule has 0 heteroatoms. The van der Waals surface area contributed by atoms with Gasteiger partial charge >= 0.3 is 0 Å². The Morgan fingerprint density at radius 1 is 1.13 bits per heavy atom. The van der Waals surface area contributed by atoms with E-state index in [9.17, 15) is 0 Å². The summed E-state index contributed by atoms with van der Waals surface area (Å²) in [6, 6.07) is 10.3. The lowest BCUT2D eigenvalue weighted by Gasteiger charge is -1.99. The van der Waals surface area contributed by atoms with Gasteiger partial charge in [-0.2, -0.15) is 0 Å². The molecule has 0 bridgehead atoms. The van der Waals surface area contributed by atoms with Gasteiger partial charge in [0, 0.05) is 0 Å². The van der Waals surface area contributed by atoms with Gasteiger partial charge in [0.2, 0.25) is 0 Å². The Hall–Kier alpha value is -1.52. The van der Waals surface area contributed by atoms with Gasteiger partial charge in [-0.25, -0.2) is 0 Å². The maximum atomic E-state index is 3.91. The Morgan fingerprint density at radius 2 is 1.73 bits per heavy atom. The molecular formula is C15H18. The van der Waals surface area contributed by atoms with Crippen molar-refractivity contribution in [3.63, 3.8) is 0 Å². The van der Waals surface area contributed by atoms with Crippen molar-refractivity contribution in [3.05, 3.63) is 59.4 Å². The van der Waals surface area contributed by atoms with Crippen molar-refractivity contribution < 1.29 is 0 Å². The average Bonchev–Trinajstić information content (AvgIpc) is 2.17. The summed E-state index contributed by atoms with van der Waals surface area (Å²) in [5.41, 5.74) is 8.24. The fourth-order valence-electron chi connectivity index (χ4n) is 1.58. The van der Waals surface area contributed by atoms with E-state index in [-0.39, 0.29) is 0 Å². The summed E-state index contributed by atoms with van der Waals surface area (Å²) in [6.45, 7) is 10.1. The lowest BCUT2D eigenvalue weighted by Crippen LogP contribution is -1.79. The lowest BCUT2D eigenvalue weighted by atomic mass is 10.1. The third-order valence-corrected chi connectivity index (χ3v) is 2.17. The minimum absolute atomic E-state index is 0.935. The van der Waals surface area contributed by atoms with Gasteiger partial charge in [0.25, 0.3) is 0 Å². The minimum atomic E-state index is 0.935. The van der Waals surface area contributed by atoms with Crippen LogP contribution in [0.5, 0.6) is 0 Å². The van der Waals surface area contributed by atoms with Crippen molar-refractivity contribution in [2.45, 2.75) is 27.2 Å². The van der Waals surface area contributed by atoms with Crippen molar-refractivity contribution in [2.24, 2.45) is 0 Å². The van der Waals surface area contributed by atoms with E-state index in [1.807, 2.05) is 13.0 Å². The third kappa shape index (κ3) is 4.01. The van der Waals surface area contributed by atoms with E-state index in [4.69, 9.17) is 0 Å². The predicted molar refractivity (Wildman–Crippen MR) is 67.7 cm³/mol. The monoisotopic (exact) mass is 198 g/mol. The second kappa shape index (κ2) is 5.38. The largest absolute Gasteiger partial charge is 0.118 e. The zero-order valence-electron chi connectivity index (χ0n) is 9.80. The molecule has 0 spiro atoms. The summed E-state index contributed by atoms with van der Waals surface area (Å²) in [6.07, 6.45) is 0.935. The van der Waals surface area contributed by atoms with Crippen molar-refractivity contribution in [1.82, 2.24) is 0 Å². The highest BCUT2D eigenvalue weighted by atomic mass is 14.0. The van der Waals surface area contributed by atoms with Gasteiger partial charge in [-0.05, 0) is 43.9 Å². The molecule has 0 atom stereocenters. The molecule has 0 nitrogen and oxygen atoms in total. The molecule has 0 N–H and O–H groups in total. The quantitative estimate of drug-likeness (QED) is 0.492. The molecule has 78 valence electrons. The molecular weight excluding hydrogens is 180 g/mol. The summed E-state index contributed by atoms with van der Waals surface area (Å²) in [4.78, 5) is 0. The van der Waals surface area contributed by atoms with Crippen LogP contribution in [-0.4, -0.2) is 0 Å². The molecule has 0 unspecified atom stereocenters.